The fraction of sp³-hybridized carbons (Fsp3) is 0.167. The lowest BCUT2D eigenvalue weighted by molar-refractivity contribution is 0.188. The average Bonchev–Trinajstić information content (AvgIpc) is 3.04. The first-order valence-electron chi connectivity index (χ1n) is 7.28. The Hall–Kier alpha value is -2.17. The van der Waals surface area contributed by atoms with E-state index in [4.69, 9.17) is 0 Å². The van der Waals surface area contributed by atoms with Crippen LogP contribution in [0, 0.1) is 0 Å². The molecule has 2 N–H and O–H groups in total. The molecule has 0 aliphatic heterocycles. The Kier molecular flexibility index (Phi) is 4.83. The predicted molar refractivity (Wildman–Crippen MR) is 92.2 cm³/mol. The van der Waals surface area contributed by atoms with E-state index in [1.54, 1.807) is 11.3 Å². The summed E-state index contributed by atoms with van der Waals surface area (Å²) in [6, 6.07) is 20.1. The Morgan fingerprint density at radius 3 is 2.41 bits per heavy atom. The Morgan fingerprint density at radius 2 is 1.68 bits per heavy atom. The molecule has 1 heterocycles. The summed E-state index contributed by atoms with van der Waals surface area (Å²) in [5.41, 5.74) is 3.21. The quantitative estimate of drug-likeness (QED) is 0.727. The SMILES string of the molecule is OC(CNc1nc(-c2ccccc2)cs1)Cc1ccccc1. The van der Waals surface area contributed by atoms with Crippen LogP contribution in [0.2, 0.25) is 0 Å². The number of anilines is 1. The summed E-state index contributed by atoms with van der Waals surface area (Å²) in [7, 11) is 0. The van der Waals surface area contributed by atoms with E-state index in [9.17, 15) is 5.11 Å². The average molecular weight is 310 g/mol. The summed E-state index contributed by atoms with van der Waals surface area (Å²) in [5.74, 6) is 0. The molecular formula is C18H18N2OS. The van der Waals surface area contributed by atoms with Crippen molar-refractivity contribution in [3.05, 3.63) is 71.6 Å². The summed E-state index contributed by atoms with van der Waals surface area (Å²) in [4.78, 5) is 4.56. The topological polar surface area (TPSA) is 45.1 Å². The fourth-order valence-electron chi connectivity index (χ4n) is 2.26. The highest BCUT2D eigenvalue weighted by Crippen LogP contribution is 2.24. The third-order valence-electron chi connectivity index (χ3n) is 3.38. The molecule has 3 rings (SSSR count). The van der Waals surface area contributed by atoms with Gasteiger partial charge in [-0.25, -0.2) is 4.98 Å². The van der Waals surface area contributed by atoms with Gasteiger partial charge in [0.25, 0.3) is 0 Å². The van der Waals surface area contributed by atoms with Crippen LogP contribution < -0.4 is 5.32 Å². The van der Waals surface area contributed by atoms with Gasteiger partial charge in [-0.2, -0.15) is 0 Å². The van der Waals surface area contributed by atoms with Crippen LogP contribution in [0.25, 0.3) is 11.3 Å². The molecule has 0 saturated heterocycles. The van der Waals surface area contributed by atoms with E-state index in [1.165, 1.54) is 0 Å². The second-order valence-corrected chi connectivity index (χ2v) is 5.99. The van der Waals surface area contributed by atoms with E-state index in [2.05, 4.69) is 10.3 Å². The molecule has 22 heavy (non-hydrogen) atoms. The Labute approximate surface area is 134 Å². The number of benzene rings is 2. The smallest absolute Gasteiger partial charge is 0.183 e. The third kappa shape index (κ3) is 3.93. The van der Waals surface area contributed by atoms with Crippen molar-refractivity contribution in [3.8, 4) is 11.3 Å². The first kappa shape index (κ1) is 14.8. The molecule has 112 valence electrons. The number of rotatable bonds is 6. The highest BCUT2D eigenvalue weighted by Gasteiger charge is 2.08. The summed E-state index contributed by atoms with van der Waals surface area (Å²) < 4.78 is 0. The molecule has 0 aliphatic rings. The van der Waals surface area contributed by atoms with E-state index in [1.807, 2.05) is 66.0 Å². The van der Waals surface area contributed by atoms with Gasteiger partial charge in [0, 0.05) is 23.9 Å². The maximum atomic E-state index is 10.1. The zero-order chi connectivity index (χ0) is 15.2. The largest absolute Gasteiger partial charge is 0.391 e. The van der Waals surface area contributed by atoms with Crippen LogP contribution in [-0.2, 0) is 6.42 Å². The van der Waals surface area contributed by atoms with Crippen LogP contribution in [0.15, 0.2) is 66.0 Å². The van der Waals surface area contributed by atoms with Crippen molar-refractivity contribution in [1.29, 1.82) is 0 Å². The molecule has 1 unspecified atom stereocenters. The van der Waals surface area contributed by atoms with Crippen molar-refractivity contribution < 1.29 is 5.11 Å². The van der Waals surface area contributed by atoms with Gasteiger partial charge in [-0.05, 0) is 5.56 Å². The van der Waals surface area contributed by atoms with Crippen molar-refractivity contribution >= 4 is 16.5 Å². The van der Waals surface area contributed by atoms with Crippen LogP contribution in [0.4, 0.5) is 5.13 Å². The summed E-state index contributed by atoms with van der Waals surface area (Å²) in [6.45, 7) is 0.497. The normalized spacial score (nSPS) is 12.0. The second kappa shape index (κ2) is 7.20. The lowest BCUT2D eigenvalue weighted by Crippen LogP contribution is -2.21. The molecule has 4 heteroatoms. The molecule has 0 amide bonds. The van der Waals surface area contributed by atoms with Crippen molar-refractivity contribution in [2.45, 2.75) is 12.5 Å². The van der Waals surface area contributed by atoms with Crippen molar-refractivity contribution in [1.82, 2.24) is 4.98 Å². The van der Waals surface area contributed by atoms with Gasteiger partial charge in [0.1, 0.15) is 0 Å². The van der Waals surface area contributed by atoms with Crippen LogP contribution in [0.3, 0.4) is 0 Å². The maximum Gasteiger partial charge on any atom is 0.183 e. The lowest BCUT2D eigenvalue weighted by Gasteiger charge is -2.11. The third-order valence-corrected chi connectivity index (χ3v) is 4.18. The Morgan fingerprint density at radius 1 is 1.00 bits per heavy atom. The standard InChI is InChI=1S/C18H18N2OS/c21-16(11-14-7-3-1-4-8-14)12-19-18-20-17(13-22-18)15-9-5-2-6-10-15/h1-10,13,16,21H,11-12H2,(H,19,20). The van der Waals surface area contributed by atoms with Gasteiger partial charge >= 0.3 is 0 Å². The molecule has 1 atom stereocenters. The van der Waals surface area contributed by atoms with Gasteiger partial charge < -0.3 is 10.4 Å². The Balaban J connectivity index is 1.55. The van der Waals surface area contributed by atoms with Crippen LogP contribution in [0.1, 0.15) is 5.56 Å². The number of hydrogen-bond acceptors (Lipinski definition) is 4. The highest BCUT2D eigenvalue weighted by molar-refractivity contribution is 7.14. The van der Waals surface area contributed by atoms with E-state index < -0.39 is 6.10 Å². The van der Waals surface area contributed by atoms with Crippen LogP contribution in [-0.4, -0.2) is 22.7 Å². The maximum absolute atomic E-state index is 10.1. The van der Waals surface area contributed by atoms with Gasteiger partial charge in [0.05, 0.1) is 11.8 Å². The minimum atomic E-state index is -0.425. The van der Waals surface area contributed by atoms with Gasteiger partial charge in [-0.3, -0.25) is 0 Å². The molecule has 0 saturated carbocycles. The zero-order valence-electron chi connectivity index (χ0n) is 12.1. The van der Waals surface area contributed by atoms with Crippen molar-refractivity contribution in [3.63, 3.8) is 0 Å². The first-order valence-corrected chi connectivity index (χ1v) is 8.16. The molecule has 2 aromatic carbocycles. The highest BCUT2D eigenvalue weighted by atomic mass is 32.1. The van der Waals surface area contributed by atoms with Gasteiger partial charge in [0.2, 0.25) is 0 Å². The zero-order valence-corrected chi connectivity index (χ0v) is 13.0. The van der Waals surface area contributed by atoms with Crippen molar-refractivity contribution in [2.24, 2.45) is 0 Å². The predicted octanol–water partition coefficient (Wildman–Crippen LogP) is 3.83. The van der Waals surface area contributed by atoms with Crippen LogP contribution in [0.5, 0.6) is 0 Å². The number of aromatic nitrogens is 1. The molecule has 3 nitrogen and oxygen atoms in total. The summed E-state index contributed by atoms with van der Waals surface area (Å²) >= 11 is 1.56. The van der Waals surface area contributed by atoms with E-state index >= 15 is 0 Å². The number of nitrogens with zero attached hydrogens (tertiary/aromatic N) is 1. The van der Waals surface area contributed by atoms with Gasteiger partial charge in [-0.1, -0.05) is 60.7 Å². The molecule has 0 radical (unpaired) electrons. The Bertz CT molecular complexity index is 697. The number of nitrogens with one attached hydrogen (secondary N) is 1. The fourth-order valence-corrected chi connectivity index (χ4v) is 2.99. The van der Waals surface area contributed by atoms with Gasteiger partial charge in [-0.15, -0.1) is 11.3 Å². The number of thiazole rings is 1. The molecule has 3 aromatic rings. The van der Waals surface area contributed by atoms with Crippen molar-refractivity contribution in [2.75, 3.05) is 11.9 Å². The molecule has 0 fully saturated rings. The van der Waals surface area contributed by atoms with E-state index in [0.717, 1.165) is 22.0 Å². The second-order valence-electron chi connectivity index (χ2n) is 5.13. The number of aliphatic hydroxyl groups excluding tert-OH is 1. The summed E-state index contributed by atoms with van der Waals surface area (Å²) in [5, 5.41) is 16.2. The molecular weight excluding hydrogens is 292 g/mol. The lowest BCUT2D eigenvalue weighted by atomic mass is 10.1. The monoisotopic (exact) mass is 310 g/mol. The minimum absolute atomic E-state index is 0.425. The molecule has 0 bridgehead atoms. The molecule has 1 aromatic heterocycles. The first-order chi connectivity index (χ1) is 10.8. The van der Waals surface area contributed by atoms with E-state index in [0.29, 0.717) is 13.0 Å². The van der Waals surface area contributed by atoms with E-state index in [-0.39, 0.29) is 0 Å². The molecule has 0 spiro atoms. The van der Waals surface area contributed by atoms with Crippen LogP contribution >= 0.6 is 11.3 Å². The minimum Gasteiger partial charge on any atom is -0.391 e. The number of hydrogen-bond donors (Lipinski definition) is 2. The molecule has 0 aliphatic carbocycles. The number of aliphatic hydroxyl groups is 1. The summed E-state index contributed by atoms with van der Waals surface area (Å²) in [6.07, 6.45) is 0.219. The van der Waals surface area contributed by atoms with Gasteiger partial charge in [0.15, 0.2) is 5.13 Å².